The van der Waals surface area contributed by atoms with Gasteiger partial charge in [0, 0.05) is 5.41 Å². The molecule has 0 aliphatic heterocycles. The van der Waals surface area contributed by atoms with E-state index in [-0.39, 0.29) is 56.4 Å². The third-order valence-electron chi connectivity index (χ3n) is 4.61. The first-order valence-electron chi connectivity index (χ1n) is 8.09. The SMILES string of the molecule is [C-]1=C(C(C2=[C-]CC=C2)(c2ccccc2)c2ccccc2)C=CC1.[Cl-].[Cl-].[Zr+4]. The molecule has 0 radical (unpaired) electrons. The minimum absolute atomic E-state index is 0. The summed E-state index contributed by atoms with van der Waals surface area (Å²) in [4.78, 5) is 0. The zero-order valence-electron chi connectivity index (χ0n) is 14.3. The summed E-state index contributed by atoms with van der Waals surface area (Å²) in [6, 6.07) is 21.5. The summed E-state index contributed by atoms with van der Waals surface area (Å²) >= 11 is 0. The van der Waals surface area contributed by atoms with E-state index in [1.54, 1.807) is 0 Å². The Labute approximate surface area is 187 Å². The van der Waals surface area contributed by atoms with Crippen LogP contribution in [0, 0.1) is 12.2 Å². The van der Waals surface area contributed by atoms with Crippen molar-refractivity contribution in [1.82, 2.24) is 0 Å². The molecule has 3 heteroatoms. The molecule has 2 aliphatic rings. The Morgan fingerprint density at radius 2 is 1.00 bits per heavy atom. The van der Waals surface area contributed by atoms with Crippen molar-refractivity contribution in [3.63, 3.8) is 0 Å². The first-order chi connectivity index (χ1) is 11.4. The Kier molecular flexibility index (Phi) is 9.04. The fraction of sp³-hybridized carbons (Fsp3) is 0.130. The Hall–Kier alpha value is -1.14. The van der Waals surface area contributed by atoms with Crippen LogP contribution in [0.25, 0.3) is 0 Å². The van der Waals surface area contributed by atoms with Crippen LogP contribution in [0.4, 0.5) is 0 Å². The molecule has 0 bridgehead atoms. The second-order valence-electron chi connectivity index (χ2n) is 5.88. The molecule has 0 fully saturated rings. The summed E-state index contributed by atoms with van der Waals surface area (Å²) in [6.07, 6.45) is 17.8. The van der Waals surface area contributed by atoms with E-state index in [1.165, 1.54) is 22.3 Å². The molecule has 26 heavy (non-hydrogen) atoms. The fourth-order valence-corrected chi connectivity index (χ4v) is 3.63. The molecule has 4 rings (SSSR count). The zero-order chi connectivity index (χ0) is 15.5. The van der Waals surface area contributed by atoms with E-state index in [2.05, 4.69) is 97.1 Å². The van der Waals surface area contributed by atoms with Gasteiger partial charge in [0.2, 0.25) is 0 Å². The quantitative estimate of drug-likeness (QED) is 0.537. The van der Waals surface area contributed by atoms with Gasteiger partial charge >= 0.3 is 26.2 Å². The molecule has 0 amide bonds. The van der Waals surface area contributed by atoms with Crippen molar-refractivity contribution in [2.45, 2.75) is 18.3 Å². The van der Waals surface area contributed by atoms with Crippen molar-refractivity contribution in [3.8, 4) is 0 Å². The zero-order valence-corrected chi connectivity index (χ0v) is 18.2. The predicted molar refractivity (Wildman–Crippen MR) is 94.7 cm³/mol. The minimum Gasteiger partial charge on any atom is -1.00 e. The van der Waals surface area contributed by atoms with Gasteiger partial charge in [-0.15, -0.1) is 12.8 Å². The van der Waals surface area contributed by atoms with E-state index in [1.807, 2.05) is 0 Å². The molecule has 2 aromatic rings. The molecule has 0 saturated heterocycles. The molecular formula is C23H18Cl2Zr. The monoisotopic (exact) mass is 454 g/mol. The van der Waals surface area contributed by atoms with Gasteiger partial charge in [0.25, 0.3) is 0 Å². The third-order valence-corrected chi connectivity index (χ3v) is 4.61. The van der Waals surface area contributed by atoms with Gasteiger partial charge in [-0.3, -0.25) is 12.2 Å². The normalized spacial score (nSPS) is 14.6. The van der Waals surface area contributed by atoms with Crippen LogP contribution in [-0.2, 0) is 31.6 Å². The summed E-state index contributed by atoms with van der Waals surface area (Å²) in [5, 5.41) is 0. The Morgan fingerprint density at radius 3 is 1.31 bits per heavy atom. The van der Waals surface area contributed by atoms with Gasteiger partial charge < -0.3 is 24.8 Å². The Morgan fingerprint density at radius 1 is 0.615 bits per heavy atom. The molecule has 0 heterocycles. The molecule has 2 aromatic carbocycles. The van der Waals surface area contributed by atoms with Crippen molar-refractivity contribution in [2.24, 2.45) is 0 Å². The number of halogens is 2. The topological polar surface area (TPSA) is 0 Å². The maximum Gasteiger partial charge on any atom is 4.00 e. The van der Waals surface area contributed by atoms with E-state index >= 15 is 0 Å². The average molecular weight is 457 g/mol. The van der Waals surface area contributed by atoms with Gasteiger partial charge in [0.1, 0.15) is 0 Å². The van der Waals surface area contributed by atoms with Crippen molar-refractivity contribution in [3.05, 3.63) is 119 Å². The van der Waals surface area contributed by atoms with Crippen LogP contribution in [0.5, 0.6) is 0 Å². The minimum atomic E-state index is -0.317. The van der Waals surface area contributed by atoms with Gasteiger partial charge in [-0.05, 0) is 11.1 Å². The van der Waals surface area contributed by atoms with E-state index in [0.29, 0.717) is 0 Å². The molecule has 0 saturated carbocycles. The van der Waals surface area contributed by atoms with Crippen molar-refractivity contribution in [2.75, 3.05) is 0 Å². The van der Waals surface area contributed by atoms with Crippen molar-refractivity contribution in [1.29, 1.82) is 0 Å². The molecule has 2 aliphatic carbocycles. The Balaban J connectivity index is 0.00000113. The second-order valence-corrected chi connectivity index (χ2v) is 5.88. The van der Waals surface area contributed by atoms with E-state index in [0.717, 1.165) is 12.8 Å². The maximum absolute atomic E-state index is 3.58. The molecule has 0 aromatic heterocycles. The average Bonchev–Trinajstić information content (AvgIpc) is 3.32. The Bertz CT molecular complexity index is 746. The van der Waals surface area contributed by atoms with Gasteiger partial charge in [-0.1, -0.05) is 60.7 Å². The van der Waals surface area contributed by atoms with Gasteiger partial charge in [0.05, 0.1) is 0 Å². The summed E-state index contributed by atoms with van der Waals surface area (Å²) in [6.45, 7) is 0. The van der Waals surface area contributed by atoms with Crippen LogP contribution < -0.4 is 24.8 Å². The predicted octanol–water partition coefficient (Wildman–Crippen LogP) is -0.643. The first kappa shape index (κ1) is 22.9. The number of rotatable bonds is 4. The number of hydrogen-bond donors (Lipinski definition) is 0. The van der Waals surface area contributed by atoms with Crippen molar-refractivity contribution < 1.29 is 51.0 Å². The summed E-state index contributed by atoms with van der Waals surface area (Å²) < 4.78 is 0. The fourth-order valence-electron chi connectivity index (χ4n) is 3.63. The van der Waals surface area contributed by atoms with Crippen LogP contribution in [0.2, 0.25) is 0 Å². The standard InChI is InChI=1S/C23H18.2ClH.Zr/c1-3-11-19(12-4-1)23(21-15-7-8-16-21,22-17-9-10-18-22)20-13-5-2-6-14-20;;;/h1-7,9,11-15,17H,8,10H2;2*1H;/q-2;;;+4/p-2. The van der Waals surface area contributed by atoms with Gasteiger partial charge in [-0.25, -0.2) is 23.3 Å². The summed E-state index contributed by atoms with van der Waals surface area (Å²) in [5.74, 6) is 0. The summed E-state index contributed by atoms with van der Waals surface area (Å²) in [5.41, 5.74) is 4.68. The van der Waals surface area contributed by atoms with E-state index in [9.17, 15) is 0 Å². The molecule has 0 spiro atoms. The van der Waals surface area contributed by atoms with Gasteiger partial charge in [-0.2, -0.15) is 12.2 Å². The van der Waals surface area contributed by atoms with Gasteiger partial charge in [0.15, 0.2) is 0 Å². The third kappa shape index (κ3) is 3.91. The van der Waals surface area contributed by atoms with E-state index in [4.69, 9.17) is 0 Å². The van der Waals surface area contributed by atoms with Crippen LogP contribution in [0.3, 0.4) is 0 Å². The molecule has 0 unspecified atom stereocenters. The smallest absolute Gasteiger partial charge is 1.00 e. The van der Waals surface area contributed by atoms with E-state index < -0.39 is 0 Å². The number of allylic oxidation sites excluding steroid dienone is 8. The molecule has 128 valence electrons. The van der Waals surface area contributed by atoms with Crippen LogP contribution >= 0.6 is 0 Å². The second kappa shape index (κ2) is 10.3. The number of benzene rings is 2. The molecular weight excluding hydrogens is 438 g/mol. The maximum atomic E-state index is 3.58. The van der Waals surface area contributed by atoms with Crippen LogP contribution in [-0.4, -0.2) is 0 Å². The molecule has 0 nitrogen and oxygen atoms in total. The molecule has 0 N–H and O–H groups in total. The number of hydrogen-bond acceptors (Lipinski definition) is 0. The van der Waals surface area contributed by atoms with Crippen LogP contribution in [0.1, 0.15) is 24.0 Å². The summed E-state index contributed by atoms with van der Waals surface area (Å²) in [7, 11) is 0. The molecule has 0 atom stereocenters. The van der Waals surface area contributed by atoms with Crippen molar-refractivity contribution >= 4 is 0 Å². The van der Waals surface area contributed by atoms with Crippen LogP contribution in [0.15, 0.2) is 96.1 Å². The first-order valence-corrected chi connectivity index (χ1v) is 8.09. The largest absolute Gasteiger partial charge is 4.00 e.